The molecule has 3 aromatic rings. The first kappa shape index (κ1) is 19.0. The van der Waals surface area contributed by atoms with Crippen LogP contribution in [-0.2, 0) is 14.3 Å². The number of benzene rings is 2. The summed E-state index contributed by atoms with van der Waals surface area (Å²) in [5.74, 6) is -1.15. The van der Waals surface area contributed by atoms with Crippen LogP contribution in [0.1, 0.15) is 24.1 Å². The van der Waals surface area contributed by atoms with E-state index in [1.807, 2.05) is 30.3 Å². The lowest BCUT2D eigenvalue weighted by Gasteiger charge is -2.44. The Bertz CT molecular complexity index is 1520. The molecule has 0 saturated carbocycles. The normalized spacial score (nSPS) is 26.1. The number of carbonyl (C=O) groups is 2. The Balaban J connectivity index is 1.71. The zero-order valence-corrected chi connectivity index (χ0v) is 17.9. The molecule has 160 valence electrons. The van der Waals surface area contributed by atoms with Crippen LogP contribution in [0.2, 0.25) is 0 Å². The number of hydrogen-bond donors (Lipinski definition) is 1. The topological polar surface area (TPSA) is 99.0 Å². The smallest absolute Gasteiger partial charge is 0.317 e. The highest BCUT2D eigenvalue weighted by Gasteiger charge is 2.55. The van der Waals surface area contributed by atoms with Crippen LogP contribution in [0.25, 0.3) is 5.57 Å². The maximum Gasteiger partial charge on any atom is 0.317 e. The number of hydrogen-bond acceptors (Lipinski definition) is 7. The molecule has 4 heterocycles. The predicted molar refractivity (Wildman–Crippen MR) is 116 cm³/mol. The van der Waals surface area contributed by atoms with Crippen LogP contribution < -0.4 is 24.9 Å². The predicted octanol–water partition coefficient (Wildman–Crippen LogP) is 1.18. The molecule has 0 aliphatic carbocycles. The Morgan fingerprint density at radius 1 is 1.19 bits per heavy atom. The third-order valence-electron chi connectivity index (χ3n) is 6.21. The monoisotopic (exact) mass is 447 g/mol. The van der Waals surface area contributed by atoms with Gasteiger partial charge in [-0.25, -0.2) is 4.99 Å². The number of anilines is 1. The van der Waals surface area contributed by atoms with Crippen LogP contribution in [0.5, 0.6) is 5.75 Å². The van der Waals surface area contributed by atoms with Crippen molar-refractivity contribution in [3.8, 4) is 5.75 Å². The lowest BCUT2D eigenvalue weighted by molar-refractivity contribution is -0.158. The second kappa shape index (κ2) is 6.39. The molecule has 0 unspecified atom stereocenters. The highest BCUT2D eigenvalue weighted by atomic mass is 32.1. The van der Waals surface area contributed by atoms with Gasteiger partial charge >= 0.3 is 5.97 Å². The van der Waals surface area contributed by atoms with Crippen molar-refractivity contribution in [2.24, 2.45) is 10.9 Å². The lowest BCUT2D eigenvalue weighted by Crippen LogP contribution is -2.58. The fourth-order valence-corrected chi connectivity index (χ4v) is 6.02. The van der Waals surface area contributed by atoms with E-state index in [1.165, 1.54) is 11.7 Å². The summed E-state index contributed by atoms with van der Waals surface area (Å²) < 4.78 is 13.0. The van der Waals surface area contributed by atoms with E-state index in [9.17, 15) is 14.4 Å². The van der Waals surface area contributed by atoms with E-state index in [4.69, 9.17) is 14.5 Å². The van der Waals surface area contributed by atoms with Crippen molar-refractivity contribution in [3.63, 3.8) is 0 Å². The number of fused-ring (bicyclic) bond motifs is 7. The minimum atomic E-state index is -1.25. The van der Waals surface area contributed by atoms with Gasteiger partial charge in [0.2, 0.25) is 5.72 Å². The third kappa shape index (κ3) is 2.36. The summed E-state index contributed by atoms with van der Waals surface area (Å²) >= 11 is 1.13. The standard InChI is InChI=1S/C23H17N3O5S/c1-23-16(21(29)30-2)17(12-8-4-6-10-14(12)31-23)26-20(28)18(32-22(26)25-23)15-11-7-3-5-9-13(11)24-19(15)27/h3-10,16-17H,1-2H3,(H,24,27)/b18-15+/t16-,17+,23-/m0/s1. The molecule has 2 bridgehead atoms. The van der Waals surface area contributed by atoms with Gasteiger partial charge < -0.3 is 14.8 Å². The number of amides is 1. The van der Waals surface area contributed by atoms with Gasteiger partial charge in [0.1, 0.15) is 16.2 Å². The van der Waals surface area contributed by atoms with Gasteiger partial charge in [-0.15, -0.1) is 0 Å². The molecule has 1 amide bonds. The molecular weight excluding hydrogens is 430 g/mol. The fraction of sp³-hybridized carbons (Fsp3) is 0.217. The SMILES string of the molecule is COC(=O)[C@@H]1[C@H]2c3ccccc3O[C@]1(C)N=c1s/c(=C3/C(=O)Nc4ccccc43)c(=O)n12. The van der Waals surface area contributed by atoms with Crippen molar-refractivity contribution in [2.45, 2.75) is 18.7 Å². The van der Waals surface area contributed by atoms with E-state index in [0.29, 0.717) is 32.9 Å². The number of aromatic nitrogens is 1. The Labute approximate surface area is 185 Å². The maximum absolute atomic E-state index is 13.7. The summed E-state index contributed by atoms with van der Waals surface area (Å²) in [6, 6.07) is 13.9. The van der Waals surface area contributed by atoms with E-state index in [2.05, 4.69) is 5.32 Å². The Hall–Kier alpha value is -3.72. The number of methoxy groups -OCH3 is 1. The minimum absolute atomic E-state index is 0.281. The van der Waals surface area contributed by atoms with E-state index < -0.39 is 23.7 Å². The second-order valence-corrected chi connectivity index (χ2v) is 8.99. The molecule has 32 heavy (non-hydrogen) atoms. The quantitative estimate of drug-likeness (QED) is 0.565. The van der Waals surface area contributed by atoms with Crippen molar-refractivity contribution in [3.05, 3.63) is 79.3 Å². The lowest BCUT2D eigenvalue weighted by atomic mass is 9.81. The molecular formula is C23H17N3O5S. The van der Waals surface area contributed by atoms with Crippen LogP contribution in [0.4, 0.5) is 5.69 Å². The van der Waals surface area contributed by atoms with Gasteiger partial charge in [-0.2, -0.15) is 0 Å². The largest absolute Gasteiger partial charge is 0.469 e. The van der Waals surface area contributed by atoms with Crippen molar-refractivity contribution in [1.29, 1.82) is 0 Å². The summed E-state index contributed by atoms with van der Waals surface area (Å²) in [5.41, 5.74) is 0.728. The fourth-order valence-electron chi connectivity index (χ4n) is 4.82. The molecule has 9 heteroatoms. The highest BCUT2D eigenvalue weighted by molar-refractivity contribution is 7.07. The summed E-state index contributed by atoms with van der Waals surface area (Å²) in [4.78, 5) is 44.5. The van der Waals surface area contributed by atoms with Crippen molar-refractivity contribution < 1.29 is 19.1 Å². The Kier molecular flexibility index (Phi) is 3.80. The van der Waals surface area contributed by atoms with Crippen LogP contribution >= 0.6 is 11.3 Å². The van der Waals surface area contributed by atoms with Gasteiger partial charge in [0, 0.05) is 16.8 Å². The van der Waals surface area contributed by atoms with E-state index >= 15 is 0 Å². The van der Waals surface area contributed by atoms with Crippen LogP contribution in [0.3, 0.4) is 0 Å². The zero-order valence-electron chi connectivity index (χ0n) is 17.1. The highest BCUT2D eigenvalue weighted by Crippen LogP contribution is 2.47. The van der Waals surface area contributed by atoms with Crippen molar-refractivity contribution >= 4 is 34.5 Å². The summed E-state index contributed by atoms with van der Waals surface area (Å²) in [7, 11) is 1.31. The zero-order chi connectivity index (χ0) is 22.2. The van der Waals surface area contributed by atoms with Crippen LogP contribution in [0.15, 0.2) is 58.3 Å². The number of nitrogens with zero attached hydrogens (tertiary/aromatic N) is 2. The Morgan fingerprint density at radius 3 is 2.75 bits per heavy atom. The number of nitrogens with one attached hydrogen (secondary N) is 1. The third-order valence-corrected chi connectivity index (χ3v) is 7.26. The van der Waals surface area contributed by atoms with Crippen molar-refractivity contribution in [1.82, 2.24) is 4.57 Å². The molecule has 3 aliphatic rings. The van der Waals surface area contributed by atoms with Crippen molar-refractivity contribution in [2.75, 3.05) is 12.4 Å². The Morgan fingerprint density at radius 2 is 1.94 bits per heavy atom. The molecule has 3 atom stereocenters. The van der Waals surface area contributed by atoms with Crippen LogP contribution in [0, 0.1) is 5.92 Å². The number of esters is 1. The summed E-state index contributed by atoms with van der Waals surface area (Å²) in [5, 5.41) is 2.81. The molecule has 2 aromatic carbocycles. The van der Waals surface area contributed by atoms with E-state index in [0.717, 1.165) is 11.3 Å². The molecule has 1 aromatic heterocycles. The van der Waals surface area contributed by atoms with E-state index in [-0.39, 0.29) is 16.0 Å². The van der Waals surface area contributed by atoms with Gasteiger partial charge in [0.05, 0.1) is 18.7 Å². The summed E-state index contributed by atoms with van der Waals surface area (Å²) in [6.07, 6.45) is 0. The summed E-state index contributed by atoms with van der Waals surface area (Å²) in [6.45, 7) is 1.72. The van der Waals surface area contributed by atoms with Gasteiger partial charge in [-0.05, 0) is 19.1 Å². The number of rotatable bonds is 1. The maximum atomic E-state index is 13.7. The number of thiazole rings is 1. The second-order valence-electron chi connectivity index (χ2n) is 8.02. The van der Waals surface area contributed by atoms with E-state index in [1.54, 1.807) is 25.1 Å². The van der Waals surface area contributed by atoms with Gasteiger partial charge in [0.15, 0.2) is 4.80 Å². The molecule has 0 fully saturated rings. The first-order chi connectivity index (χ1) is 15.4. The molecule has 3 aliphatic heterocycles. The van der Waals surface area contributed by atoms with Crippen LogP contribution in [-0.4, -0.2) is 29.3 Å². The molecule has 1 N–H and O–H groups in total. The molecule has 6 rings (SSSR count). The molecule has 0 spiro atoms. The average Bonchev–Trinajstić information content (AvgIpc) is 3.27. The van der Waals surface area contributed by atoms with Gasteiger partial charge in [-0.3, -0.25) is 19.0 Å². The van der Waals surface area contributed by atoms with Gasteiger partial charge in [-0.1, -0.05) is 47.7 Å². The first-order valence-electron chi connectivity index (χ1n) is 10.0. The molecule has 8 nitrogen and oxygen atoms in total. The number of ether oxygens (including phenoxy) is 2. The first-order valence-corrected chi connectivity index (χ1v) is 10.9. The molecule has 0 radical (unpaired) electrons. The average molecular weight is 447 g/mol. The van der Waals surface area contributed by atoms with Gasteiger partial charge in [0.25, 0.3) is 11.5 Å². The number of carbonyl (C=O) groups excluding carboxylic acids is 2. The minimum Gasteiger partial charge on any atom is -0.469 e. The number of para-hydroxylation sites is 2. The molecule has 0 saturated heterocycles.